The van der Waals surface area contributed by atoms with Gasteiger partial charge in [0, 0.05) is 71.2 Å². The molecule has 18 rings (SSSR count). The zero-order chi connectivity index (χ0) is 83.2. The average Bonchev–Trinajstić information content (AvgIpc) is 1.60. The van der Waals surface area contributed by atoms with Gasteiger partial charge in [-0.25, -0.2) is 24.7 Å². The van der Waals surface area contributed by atoms with Crippen molar-refractivity contribution in [2.45, 2.75) is 67.4 Å². The predicted octanol–water partition coefficient (Wildman–Crippen LogP) is 16.4. The van der Waals surface area contributed by atoms with Gasteiger partial charge in [-0.3, -0.25) is 4.79 Å². The summed E-state index contributed by atoms with van der Waals surface area (Å²) in [5.41, 5.74) is 24.8. The van der Waals surface area contributed by atoms with Crippen LogP contribution in [-0.2, 0) is 90.8 Å². The van der Waals surface area contributed by atoms with Gasteiger partial charge < -0.3 is 49.8 Å². The second-order valence-corrected chi connectivity index (χ2v) is 28.3. The molecule has 0 atom stereocenters. The van der Waals surface area contributed by atoms with E-state index in [1.807, 2.05) is 73.7 Å². The van der Waals surface area contributed by atoms with Gasteiger partial charge in [0.2, 0.25) is 22.8 Å². The number of carbonyl (C=O) groups is 2. The van der Waals surface area contributed by atoms with E-state index in [0.717, 1.165) is 116 Å². The molecule has 1 radical (unpaired) electrons. The van der Waals surface area contributed by atoms with Crippen LogP contribution < -0.4 is 38.2 Å². The molecule has 14 heterocycles. The molecule has 4 aliphatic heterocycles. The van der Waals surface area contributed by atoms with Gasteiger partial charge in [0.15, 0.2) is 24.8 Å². The van der Waals surface area contributed by atoms with E-state index in [4.69, 9.17) is 58.9 Å². The molecule has 4 N–H and O–H groups in total. The zero-order valence-corrected chi connectivity index (χ0v) is 69.3. The summed E-state index contributed by atoms with van der Waals surface area (Å²) in [6.07, 6.45) is 24.7. The largest absolute Gasteiger partial charge is 3.00 e. The fourth-order valence-electron chi connectivity index (χ4n) is 15.7. The fourth-order valence-corrected chi connectivity index (χ4v) is 15.7. The summed E-state index contributed by atoms with van der Waals surface area (Å²) in [5, 5.41) is 43.8. The van der Waals surface area contributed by atoms with Crippen LogP contribution in [0, 0.1) is 6.92 Å². The first-order valence-corrected chi connectivity index (χ1v) is 39.1. The molecule has 0 aliphatic carbocycles. The number of nitrogens with zero attached hydrogens (tertiary/aromatic N) is 12. The number of ether oxygens (including phenoxy) is 2. The van der Waals surface area contributed by atoms with E-state index in [-0.39, 0.29) is 75.5 Å². The Hall–Kier alpha value is -14.8. The Morgan fingerprint density at radius 2 is 0.689 bits per heavy atom. The maximum absolute atomic E-state index is 12.5. The molecular formula is C98H78Mn2N12O10+3. The monoisotopic (exact) mass is 1690 g/mol. The number of pyridine rings is 4. The van der Waals surface area contributed by atoms with Crippen LogP contribution in [0.4, 0.5) is 0 Å². The third-order valence-corrected chi connectivity index (χ3v) is 21.4. The molecule has 10 aromatic heterocycles. The smallest absolute Gasteiger partial charge is 0.657 e. The van der Waals surface area contributed by atoms with Crippen molar-refractivity contribution in [1.82, 2.24) is 39.9 Å². The molecule has 14 aromatic rings. The van der Waals surface area contributed by atoms with E-state index in [2.05, 4.69) is 192 Å². The van der Waals surface area contributed by atoms with Gasteiger partial charge in [0.25, 0.3) is 6.47 Å². The molecule has 0 unspecified atom stereocenters. The molecular weight excluding hydrogens is 1620 g/mol. The van der Waals surface area contributed by atoms with Crippen molar-refractivity contribution < 1.29 is 101 Å². The Bertz CT molecular complexity index is 6650. The number of carbonyl (C=O) groups excluding carboxylic acids is 4. The van der Waals surface area contributed by atoms with Crippen LogP contribution in [-0.4, -0.2) is 66.1 Å². The summed E-state index contributed by atoms with van der Waals surface area (Å²) in [7, 11) is 1.24. The van der Waals surface area contributed by atoms with E-state index in [0.29, 0.717) is 107 Å². The number of phenols is 4. The third-order valence-electron chi connectivity index (χ3n) is 21.4. The molecule has 4 aromatic carbocycles. The normalized spacial score (nSPS) is 11.5. The van der Waals surface area contributed by atoms with Crippen LogP contribution in [0.1, 0.15) is 94.7 Å². The zero-order valence-electron chi connectivity index (χ0n) is 67.0. The molecule has 0 amide bonds. The number of esters is 1. The van der Waals surface area contributed by atoms with Crippen molar-refractivity contribution in [3.63, 3.8) is 0 Å². The van der Waals surface area contributed by atoms with Crippen LogP contribution in [0.2, 0.25) is 0 Å². The number of phenolic OH excluding ortho intramolecular Hbond substituents is 4. The molecule has 0 saturated heterocycles. The van der Waals surface area contributed by atoms with E-state index in [1.165, 1.54) is 19.2 Å². The SMILES string of the molecule is CC[n+]1ccccc1-c1c2nc(c(-c3cccc[n+]3CC)c3ccc([n-]3)c(-c3cccc[n+]3CC)c3nc(c(-c4cccc[n+]4CC)c4ccc1[n-]4)C=C3)C=C2.COC(=O)c1ccc(-c2c3nc(c(-c4ccc(C)c(O)c4)c4ccc([n-]4)c(-c4cccc(O)c4)c4nc(c(-c5ccc(COC=O)c(O)c5)c5ccc2[n-]5)C=C4)C=C3)cc1O.O=C=O.[Mn+3].[Mn]. The van der Waals surface area contributed by atoms with Gasteiger partial charge in [-0.05, 0) is 194 Å². The van der Waals surface area contributed by atoms with E-state index >= 15 is 0 Å². The maximum Gasteiger partial charge on any atom is 3.00 e. The Kier molecular flexibility index (Phi) is 25.1. The minimum Gasteiger partial charge on any atom is -0.657 e. The second kappa shape index (κ2) is 36.6. The van der Waals surface area contributed by atoms with Crippen LogP contribution in [0.5, 0.6) is 23.0 Å². The molecule has 0 spiro atoms. The molecule has 601 valence electrons. The maximum atomic E-state index is 12.5. The van der Waals surface area contributed by atoms with Crippen molar-refractivity contribution in [3.8, 4) is 113 Å². The van der Waals surface area contributed by atoms with E-state index < -0.39 is 5.97 Å². The number of hydrogen-bond donors (Lipinski definition) is 4. The average molecular weight is 1690 g/mol. The van der Waals surface area contributed by atoms with E-state index in [9.17, 15) is 30.0 Å². The summed E-state index contributed by atoms with van der Waals surface area (Å²) in [6.45, 7) is 13.9. The van der Waals surface area contributed by atoms with E-state index in [1.54, 1.807) is 48.5 Å². The second-order valence-electron chi connectivity index (χ2n) is 28.3. The number of hydrogen-bond acceptors (Lipinski definition) is 14. The molecule has 22 nitrogen and oxygen atoms in total. The van der Waals surface area contributed by atoms with Gasteiger partial charge in [0.05, 0.1) is 74.9 Å². The van der Waals surface area contributed by atoms with Crippen LogP contribution in [0.15, 0.2) is 225 Å². The van der Waals surface area contributed by atoms with Crippen LogP contribution in [0.3, 0.4) is 0 Å². The Morgan fingerprint density at radius 3 is 0.992 bits per heavy atom. The van der Waals surface area contributed by atoms with Crippen molar-refractivity contribution in [2.24, 2.45) is 0 Å². The molecule has 122 heavy (non-hydrogen) atoms. The van der Waals surface area contributed by atoms with Crippen molar-refractivity contribution in [2.75, 3.05) is 7.11 Å². The Morgan fingerprint density at radius 1 is 0.385 bits per heavy atom. The van der Waals surface area contributed by atoms with Gasteiger partial charge in [-0.1, -0.05) is 91.0 Å². The van der Waals surface area contributed by atoms with Crippen LogP contribution >= 0.6 is 0 Å². The number of benzene rings is 4. The Labute approximate surface area is 722 Å². The number of aromatic hydroxyl groups is 4. The first-order valence-electron chi connectivity index (χ1n) is 39.1. The first-order chi connectivity index (χ1) is 58.6. The number of fused-ring (bicyclic) bond motifs is 16. The summed E-state index contributed by atoms with van der Waals surface area (Å²) in [4.78, 5) is 82.3. The molecule has 0 fully saturated rings. The van der Waals surface area contributed by atoms with Crippen LogP contribution in [0.25, 0.3) is 182 Å². The van der Waals surface area contributed by atoms with Gasteiger partial charge >= 0.3 is 29.2 Å². The number of methoxy groups -OCH3 is 1. The number of aromatic nitrogens is 12. The Balaban J connectivity index is 0.000000191. The summed E-state index contributed by atoms with van der Waals surface area (Å²) in [5.74, 6) is -0.945. The number of rotatable bonds is 16. The quantitative estimate of drug-likeness (QED) is 0.0302. The molecule has 4 aliphatic rings. The molecule has 24 heteroatoms. The fraction of sp³-hybridized carbons (Fsp3) is 0.112. The minimum absolute atomic E-state index is 0. The van der Waals surface area contributed by atoms with Crippen molar-refractivity contribution >= 4 is 111 Å². The standard InChI is InChI=1S/C49H35N4O8.C48H44N8.CO2.2Mn/c1-26-6-7-28(21-42(26)56)46-36-14-12-34(50-36)45(27-4-3-5-32(55)20-27)35-13-15-38(51-35)47(29-8-9-31(24-61-25-54)43(57)22-29)39-17-19-41(53-39)48(40-18-16-37(46)52-40)30-10-11-33(44(58)23-30)49(59)60-2;1-5-53-29-13-9-17-41(53)45-33-21-23-35(49-33)46(42-18-10-14-30-54(42)6-2)37-25-27-39(51-37)48(44-20-12-16-32-56(44)8-4)40-28-26-38(52-40)47(36-24-22-34(45)50-36)43-19-11-15-31-55(43)7-3;2-1-3;;/h3-23,25H,24H2,1-2H3,(H5-,50,51,52,53,55,56,57,58,59);9-32H,5-8H2,1-4H3;;;/q-1;+2;;;+3/p-1. The predicted molar refractivity (Wildman–Crippen MR) is 459 cm³/mol. The molecule has 0 saturated carbocycles. The topological polar surface area (TPSA) is 291 Å². The summed E-state index contributed by atoms with van der Waals surface area (Å²) in [6, 6.07) is 63.1. The van der Waals surface area contributed by atoms with Crippen molar-refractivity contribution in [1.29, 1.82) is 0 Å². The van der Waals surface area contributed by atoms with Crippen molar-refractivity contribution in [3.05, 3.63) is 287 Å². The van der Waals surface area contributed by atoms with Gasteiger partial charge in [-0.2, -0.15) is 27.9 Å². The summed E-state index contributed by atoms with van der Waals surface area (Å²) >= 11 is 0. The minimum atomic E-state index is -0.700. The van der Waals surface area contributed by atoms with Gasteiger partial charge in [0.1, 0.15) is 61.3 Å². The summed E-state index contributed by atoms with van der Waals surface area (Å²) < 4.78 is 18.8. The third kappa shape index (κ3) is 16.4. The van der Waals surface area contributed by atoms with Gasteiger partial charge in [-0.15, -0.1) is 44.1 Å². The first kappa shape index (κ1) is 83.7. The number of aryl methyl sites for hydroxylation is 5. The molecule has 16 bridgehead atoms.